The maximum absolute atomic E-state index is 10.8. The van der Waals surface area contributed by atoms with Gasteiger partial charge in [-0.15, -0.1) is 0 Å². The van der Waals surface area contributed by atoms with Gasteiger partial charge in [-0.2, -0.15) is 0 Å². The Morgan fingerprint density at radius 2 is 1.71 bits per heavy atom. The summed E-state index contributed by atoms with van der Waals surface area (Å²) in [5.74, 6) is 0.924. The Bertz CT molecular complexity index is 516. The minimum atomic E-state index is -0.810. The first-order valence-corrected chi connectivity index (χ1v) is 9.58. The molecule has 2 aliphatic carbocycles. The van der Waals surface area contributed by atoms with E-state index in [1.165, 1.54) is 0 Å². The molecule has 0 amide bonds. The minimum Gasteiger partial charge on any atom is -0.389 e. The van der Waals surface area contributed by atoms with E-state index in [4.69, 9.17) is 16.2 Å². The van der Waals surface area contributed by atoms with E-state index in [2.05, 4.69) is 20.4 Å². The standard InChI is InChI=1S/C20H36N2O2/c1-12(2)15-8-11-20(5,24-15)14-6-9-18(3,22)13-7-10-19(4,23)17(21)16(13)14/h13-17,23H,1,6-11,21-22H2,2-5H3/t13-,14-,15-,16-,17+,18-,19+,20+/m0/s1. The van der Waals surface area contributed by atoms with Gasteiger partial charge < -0.3 is 21.3 Å². The quantitative estimate of drug-likeness (QED) is 0.677. The molecule has 0 aromatic heterocycles. The van der Waals surface area contributed by atoms with Crippen molar-refractivity contribution in [2.24, 2.45) is 29.2 Å². The van der Waals surface area contributed by atoms with E-state index >= 15 is 0 Å². The Labute approximate surface area is 147 Å². The van der Waals surface area contributed by atoms with E-state index in [-0.39, 0.29) is 29.2 Å². The lowest BCUT2D eigenvalue weighted by atomic mass is 9.51. The summed E-state index contributed by atoms with van der Waals surface area (Å²) in [5, 5.41) is 10.8. The third-order valence-electron chi connectivity index (χ3n) is 7.51. The minimum absolute atomic E-state index is 0.153. The molecule has 3 rings (SSSR count). The molecule has 0 aromatic carbocycles. The van der Waals surface area contributed by atoms with Gasteiger partial charge >= 0.3 is 0 Å². The highest BCUT2D eigenvalue weighted by Crippen LogP contribution is 2.55. The van der Waals surface area contributed by atoms with Gasteiger partial charge in [-0.1, -0.05) is 12.2 Å². The molecule has 5 N–H and O–H groups in total. The lowest BCUT2D eigenvalue weighted by molar-refractivity contribution is -0.148. The van der Waals surface area contributed by atoms with Crippen molar-refractivity contribution < 1.29 is 9.84 Å². The van der Waals surface area contributed by atoms with Gasteiger partial charge in [0.25, 0.3) is 0 Å². The first kappa shape index (κ1) is 18.4. The van der Waals surface area contributed by atoms with Crippen LogP contribution < -0.4 is 11.5 Å². The second-order valence-electron chi connectivity index (χ2n) is 9.56. The molecule has 1 aliphatic heterocycles. The molecule has 138 valence electrons. The zero-order chi connectivity index (χ0) is 17.9. The van der Waals surface area contributed by atoms with Crippen molar-refractivity contribution in [3.63, 3.8) is 0 Å². The Morgan fingerprint density at radius 1 is 1.08 bits per heavy atom. The summed E-state index contributed by atoms with van der Waals surface area (Å²) in [7, 11) is 0. The average molecular weight is 337 g/mol. The average Bonchev–Trinajstić information content (AvgIpc) is 2.86. The van der Waals surface area contributed by atoms with Crippen molar-refractivity contribution in [3.8, 4) is 0 Å². The van der Waals surface area contributed by atoms with E-state index in [0.717, 1.165) is 44.1 Å². The number of hydrogen-bond acceptors (Lipinski definition) is 4. The number of ether oxygens (including phenoxy) is 1. The van der Waals surface area contributed by atoms with Gasteiger partial charge in [0.15, 0.2) is 0 Å². The molecular weight excluding hydrogens is 300 g/mol. The smallest absolute Gasteiger partial charge is 0.0788 e. The van der Waals surface area contributed by atoms with Crippen LogP contribution in [0.25, 0.3) is 0 Å². The van der Waals surface area contributed by atoms with Crippen LogP contribution in [0.5, 0.6) is 0 Å². The second-order valence-corrected chi connectivity index (χ2v) is 9.56. The fourth-order valence-electron chi connectivity index (χ4n) is 5.81. The van der Waals surface area contributed by atoms with Gasteiger partial charge in [0.05, 0.1) is 17.3 Å². The molecule has 1 saturated heterocycles. The van der Waals surface area contributed by atoms with Crippen molar-refractivity contribution in [1.82, 2.24) is 0 Å². The normalized spacial score (nSPS) is 55.2. The van der Waals surface area contributed by atoms with E-state index in [1.807, 2.05) is 13.8 Å². The summed E-state index contributed by atoms with van der Waals surface area (Å²) < 4.78 is 6.51. The first-order chi connectivity index (χ1) is 11.0. The van der Waals surface area contributed by atoms with E-state index in [1.54, 1.807) is 0 Å². The van der Waals surface area contributed by atoms with Crippen LogP contribution in [0.4, 0.5) is 0 Å². The zero-order valence-electron chi connectivity index (χ0n) is 15.8. The highest BCUT2D eigenvalue weighted by Gasteiger charge is 2.58. The third kappa shape index (κ3) is 2.86. The Hall–Kier alpha value is -0.420. The molecule has 0 bridgehead atoms. The molecule has 1 heterocycles. The maximum Gasteiger partial charge on any atom is 0.0788 e. The molecule has 3 fully saturated rings. The first-order valence-electron chi connectivity index (χ1n) is 9.58. The summed E-state index contributed by atoms with van der Waals surface area (Å²) in [6.45, 7) is 12.4. The summed E-state index contributed by atoms with van der Waals surface area (Å²) in [5.41, 5.74) is 13.2. The lowest BCUT2D eigenvalue weighted by Crippen LogP contribution is -2.67. The summed E-state index contributed by atoms with van der Waals surface area (Å²) >= 11 is 0. The van der Waals surface area contributed by atoms with Crippen molar-refractivity contribution in [1.29, 1.82) is 0 Å². The van der Waals surface area contributed by atoms with Crippen LogP contribution in [0.2, 0.25) is 0 Å². The maximum atomic E-state index is 10.8. The van der Waals surface area contributed by atoms with Gasteiger partial charge in [-0.25, -0.2) is 0 Å². The topological polar surface area (TPSA) is 81.5 Å². The van der Waals surface area contributed by atoms with E-state index in [0.29, 0.717) is 11.8 Å². The number of hydrogen-bond donors (Lipinski definition) is 3. The van der Waals surface area contributed by atoms with Crippen LogP contribution >= 0.6 is 0 Å². The van der Waals surface area contributed by atoms with E-state index < -0.39 is 5.60 Å². The largest absolute Gasteiger partial charge is 0.389 e. The van der Waals surface area contributed by atoms with Gasteiger partial charge in [-0.3, -0.25) is 0 Å². The molecule has 0 radical (unpaired) electrons. The Kier molecular flexibility index (Phi) is 4.44. The molecule has 4 nitrogen and oxygen atoms in total. The number of rotatable bonds is 2. The van der Waals surface area contributed by atoms with Crippen LogP contribution in [-0.4, -0.2) is 34.0 Å². The van der Waals surface area contributed by atoms with Crippen LogP contribution in [0.15, 0.2) is 12.2 Å². The summed E-state index contributed by atoms with van der Waals surface area (Å²) in [6.07, 6.45) is 5.94. The van der Waals surface area contributed by atoms with Gasteiger partial charge in [0.2, 0.25) is 0 Å². The summed E-state index contributed by atoms with van der Waals surface area (Å²) in [4.78, 5) is 0. The van der Waals surface area contributed by atoms with Crippen LogP contribution in [0, 0.1) is 17.8 Å². The molecule has 24 heavy (non-hydrogen) atoms. The zero-order valence-corrected chi connectivity index (χ0v) is 15.8. The van der Waals surface area contributed by atoms with Crippen molar-refractivity contribution >= 4 is 0 Å². The molecule has 0 spiro atoms. The highest BCUT2D eigenvalue weighted by atomic mass is 16.5. The molecule has 2 saturated carbocycles. The molecule has 8 atom stereocenters. The van der Waals surface area contributed by atoms with E-state index in [9.17, 15) is 5.11 Å². The summed E-state index contributed by atoms with van der Waals surface area (Å²) in [6, 6.07) is -0.242. The van der Waals surface area contributed by atoms with Crippen LogP contribution in [0.3, 0.4) is 0 Å². The number of nitrogens with two attached hydrogens (primary N) is 2. The van der Waals surface area contributed by atoms with Gasteiger partial charge in [0.1, 0.15) is 0 Å². The van der Waals surface area contributed by atoms with Gasteiger partial charge in [0, 0.05) is 11.6 Å². The van der Waals surface area contributed by atoms with Crippen molar-refractivity contribution in [3.05, 3.63) is 12.2 Å². The van der Waals surface area contributed by atoms with Crippen LogP contribution in [0.1, 0.15) is 66.2 Å². The Morgan fingerprint density at radius 3 is 2.29 bits per heavy atom. The molecule has 0 aromatic rings. The number of fused-ring (bicyclic) bond motifs is 1. The van der Waals surface area contributed by atoms with Crippen molar-refractivity contribution in [2.45, 2.75) is 95.1 Å². The predicted octanol–water partition coefficient (Wildman–Crippen LogP) is 2.73. The molecule has 3 aliphatic rings. The SMILES string of the molecule is C=C(C)[C@@H]1CC[C@](C)([C@H]2CC[C@](C)(N)[C@H]3CC[C@@](C)(O)[C@H](N)[C@@H]32)O1. The fourth-order valence-corrected chi connectivity index (χ4v) is 5.81. The lowest BCUT2D eigenvalue weighted by Gasteiger charge is -2.58. The fraction of sp³-hybridized carbons (Fsp3) is 0.900. The number of aliphatic hydroxyl groups is 1. The molecular formula is C20H36N2O2. The third-order valence-corrected chi connectivity index (χ3v) is 7.51. The molecule has 0 unspecified atom stereocenters. The predicted molar refractivity (Wildman–Crippen MR) is 97.5 cm³/mol. The monoisotopic (exact) mass is 336 g/mol. The van der Waals surface area contributed by atoms with Crippen molar-refractivity contribution in [2.75, 3.05) is 0 Å². The second kappa shape index (κ2) is 5.80. The van der Waals surface area contributed by atoms with Crippen LogP contribution in [-0.2, 0) is 4.74 Å². The van der Waals surface area contributed by atoms with Gasteiger partial charge in [-0.05, 0) is 84.0 Å². The Balaban J connectivity index is 1.92. The highest BCUT2D eigenvalue weighted by molar-refractivity contribution is 5.13. The molecule has 4 heteroatoms.